The number of allylic oxidation sites excluding steroid dienone is 4. The molecule has 3 heteroatoms. The Morgan fingerprint density at radius 3 is 3.07 bits per heavy atom. The lowest BCUT2D eigenvalue weighted by molar-refractivity contribution is -0.133. The maximum atomic E-state index is 11.1. The summed E-state index contributed by atoms with van der Waals surface area (Å²) in [6.45, 7) is 2.32. The molecule has 0 bridgehead atoms. The molecule has 0 N–H and O–H groups in total. The molecule has 3 nitrogen and oxygen atoms in total. The number of carbonyl (C=O) groups excluding carboxylic acids is 1. The molecule has 1 rings (SSSR count). The summed E-state index contributed by atoms with van der Waals surface area (Å²) in [5.74, 6) is 0.132. The van der Waals surface area contributed by atoms with E-state index in [-0.39, 0.29) is 5.97 Å². The standard InChI is InChI=1S/C11H12O3/c1-2-3-4-5-11(12)14-10-6-8-13-9-7-10/h2-8H,9H2,1H3/b3-2+,5-4+. The highest BCUT2D eigenvalue weighted by molar-refractivity contribution is 5.83. The molecule has 0 aromatic heterocycles. The van der Waals surface area contributed by atoms with Gasteiger partial charge in [-0.25, -0.2) is 4.79 Å². The van der Waals surface area contributed by atoms with Crippen LogP contribution in [0.2, 0.25) is 0 Å². The topological polar surface area (TPSA) is 35.5 Å². The van der Waals surface area contributed by atoms with Crippen molar-refractivity contribution in [3.05, 3.63) is 48.5 Å². The minimum atomic E-state index is -0.388. The predicted molar refractivity (Wildman–Crippen MR) is 53.2 cm³/mol. The van der Waals surface area contributed by atoms with Crippen LogP contribution in [0.5, 0.6) is 0 Å². The Morgan fingerprint density at radius 1 is 1.57 bits per heavy atom. The molecule has 0 radical (unpaired) electrons. The van der Waals surface area contributed by atoms with Crippen molar-refractivity contribution in [3.8, 4) is 0 Å². The summed E-state index contributed by atoms with van der Waals surface area (Å²) in [5, 5.41) is 0. The maximum Gasteiger partial charge on any atom is 0.336 e. The SMILES string of the molecule is C/C=C/C=C/C(=O)OC1=CCOC=C1. The molecule has 0 aliphatic carbocycles. The molecule has 0 saturated carbocycles. The molecule has 1 heterocycles. The van der Waals surface area contributed by atoms with Crippen molar-refractivity contribution in [1.82, 2.24) is 0 Å². The van der Waals surface area contributed by atoms with E-state index in [2.05, 4.69) is 0 Å². The van der Waals surface area contributed by atoms with Crippen LogP contribution in [-0.2, 0) is 14.3 Å². The van der Waals surface area contributed by atoms with Gasteiger partial charge in [-0.15, -0.1) is 0 Å². The largest absolute Gasteiger partial charge is 0.497 e. The first-order valence-electron chi connectivity index (χ1n) is 4.32. The Morgan fingerprint density at radius 2 is 2.43 bits per heavy atom. The average molecular weight is 192 g/mol. The molecule has 0 amide bonds. The second-order valence-electron chi connectivity index (χ2n) is 2.55. The quantitative estimate of drug-likeness (QED) is 0.390. The molecule has 74 valence electrons. The van der Waals surface area contributed by atoms with Gasteiger partial charge in [0, 0.05) is 12.2 Å². The van der Waals surface area contributed by atoms with Crippen molar-refractivity contribution >= 4 is 5.97 Å². The van der Waals surface area contributed by atoms with Gasteiger partial charge < -0.3 is 9.47 Å². The molecular weight excluding hydrogens is 180 g/mol. The Bertz CT molecular complexity index is 308. The second-order valence-corrected chi connectivity index (χ2v) is 2.55. The lowest BCUT2D eigenvalue weighted by Gasteiger charge is -2.06. The number of ether oxygens (including phenoxy) is 2. The van der Waals surface area contributed by atoms with E-state index < -0.39 is 0 Å². The highest BCUT2D eigenvalue weighted by atomic mass is 16.5. The monoisotopic (exact) mass is 192 g/mol. The van der Waals surface area contributed by atoms with Gasteiger partial charge in [-0.1, -0.05) is 18.2 Å². The first-order valence-corrected chi connectivity index (χ1v) is 4.32. The zero-order chi connectivity index (χ0) is 10.2. The van der Waals surface area contributed by atoms with Crippen molar-refractivity contribution in [2.24, 2.45) is 0 Å². The second kappa shape index (κ2) is 5.80. The Balaban J connectivity index is 2.40. The minimum absolute atomic E-state index is 0.388. The van der Waals surface area contributed by atoms with E-state index >= 15 is 0 Å². The minimum Gasteiger partial charge on any atom is -0.497 e. The highest BCUT2D eigenvalue weighted by Gasteiger charge is 2.02. The van der Waals surface area contributed by atoms with Crippen LogP contribution in [0.15, 0.2) is 48.5 Å². The predicted octanol–water partition coefficient (Wildman–Crippen LogP) is 2.09. The lowest BCUT2D eigenvalue weighted by Crippen LogP contribution is -2.02. The summed E-state index contributed by atoms with van der Waals surface area (Å²) in [4.78, 5) is 11.1. The van der Waals surface area contributed by atoms with Gasteiger partial charge >= 0.3 is 5.97 Å². The molecule has 0 fully saturated rings. The van der Waals surface area contributed by atoms with E-state index in [1.165, 1.54) is 12.3 Å². The summed E-state index contributed by atoms with van der Waals surface area (Å²) in [6, 6.07) is 0. The van der Waals surface area contributed by atoms with E-state index in [1.54, 1.807) is 24.3 Å². The fourth-order valence-electron chi connectivity index (χ4n) is 0.840. The zero-order valence-electron chi connectivity index (χ0n) is 7.97. The lowest BCUT2D eigenvalue weighted by atomic mass is 10.4. The van der Waals surface area contributed by atoms with Gasteiger partial charge in [-0.2, -0.15) is 0 Å². The highest BCUT2D eigenvalue weighted by Crippen LogP contribution is 2.05. The van der Waals surface area contributed by atoms with E-state index in [9.17, 15) is 4.79 Å². The molecule has 0 aromatic rings. The van der Waals surface area contributed by atoms with Crippen LogP contribution in [0.1, 0.15) is 6.92 Å². The number of hydrogen-bond donors (Lipinski definition) is 0. The van der Waals surface area contributed by atoms with Crippen molar-refractivity contribution in [3.63, 3.8) is 0 Å². The number of esters is 1. The Labute approximate surface area is 83.0 Å². The van der Waals surface area contributed by atoms with Crippen LogP contribution in [0.3, 0.4) is 0 Å². The van der Waals surface area contributed by atoms with Gasteiger partial charge in [0.15, 0.2) is 0 Å². The molecule has 1 aliphatic rings. The third-order valence-electron chi connectivity index (χ3n) is 1.46. The van der Waals surface area contributed by atoms with Gasteiger partial charge in [0.1, 0.15) is 12.4 Å². The molecule has 0 spiro atoms. The molecule has 0 atom stereocenters. The number of rotatable bonds is 3. The van der Waals surface area contributed by atoms with E-state index in [0.717, 1.165) is 0 Å². The summed E-state index contributed by atoms with van der Waals surface area (Å²) in [5.41, 5.74) is 0. The van der Waals surface area contributed by atoms with Gasteiger partial charge in [-0.3, -0.25) is 0 Å². The Hall–Kier alpha value is -1.77. The van der Waals surface area contributed by atoms with Gasteiger partial charge in [0.2, 0.25) is 0 Å². The third-order valence-corrected chi connectivity index (χ3v) is 1.46. The number of hydrogen-bond acceptors (Lipinski definition) is 3. The maximum absolute atomic E-state index is 11.1. The van der Waals surface area contributed by atoms with Crippen LogP contribution in [0.25, 0.3) is 0 Å². The average Bonchev–Trinajstić information content (AvgIpc) is 2.20. The smallest absolute Gasteiger partial charge is 0.336 e. The van der Waals surface area contributed by atoms with Crippen molar-refractivity contribution < 1.29 is 14.3 Å². The summed E-state index contributed by atoms with van der Waals surface area (Å²) >= 11 is 0. The van der Waals surface area contributed by atoms with E-state index in [4.69, 9.17) is 9.47 Å². The van der Waals surface area contributed by atoms with Crippen LogP contribution in [0, 0.1) is 0 Å². The van der Waals surface area contributed by atoms with Gasteiger partial charge in [0.25, 0.3) is 0 Å². The van der Waals surface area contributed by atoms with Gasteiger partial charge in [-0.05, 0) is 13.0 Å². The molecule has 14 heavy (non-hydrogen) atoms. The van der Waals surface area contributed by atoms with Crippen LogP contribution >= 0.6 is 0 Å². The van der Waals surface area contributed by atoms with Crippen molar-refractivity contribution in [2.45, 2.75) is 6.92 Å². The normalized spacial score (nSPS) is 15.6. The molecule has 0 aromatic carbocycles. The fourth-order valence-corrected chi connectivity index (χ4v) is 0.840. The summed E-state index contributed by atoms with van der Waals surface area (Å²) in [7, 11) is 0. The van der Waals surface area contributed by atoms with E-state index in [1.807, 2.05) is 13.0 Å². The number of carbonyl (C=O) groups is 1. The van der Waals surface area contributed by atoms with Gasteiger partial charge in [0.05, 0.1) is 6.26 Å². The molecular formula is C11H12O3. The fraction of sp³-hybridized carbons (Fsp3) is 0.182. The molecule has 0 saturated heterocycles. The first-order chi connectivity index (χ1) is 6.83. The molecule has 0 unspecified atom stereocenters. The summed E-state index contributed by atoms with van der Waals surface area (Å²) < 4.78 is 9.87. The van der Waals surface area contributed by atoms with Crippen LogP contribution in [-0.4, -0.2) is 12.6 Å². The first kappa shape index (κ1) is 10.3. The van der Waals surface area contributed by atoms with Crippen molar-refractivity contribution in [1.29, 1.82) is 0 Å². The third kappa shape index (κ3) is 3.76. The van der Waals surface area contributed by atoms with E-state index in [0.29, 0.717) is 12.4 Å². The van der Waals surface area contributed by atoms with Crippen LogP contribution in [0.4, 0.5) is 0 Å². The zero-order valence-corrected chi connectivity index (χ0v) is 7.97. The molecule has 1 aliphatic heterocycles. The summed E-state index contributed by atoms with van der Waals surface area (Å²) in [6.07, 6.45) is 11.4. The van der Waals surface area contributed by atoms with Crippen molar-refractivity contribution in [2.75, 3.05) is 6.61 Å². The van der Waals surface area contributed by atoms with Crippen LogP contribution < -0.4 is 0 Å². The Kier molecular flexibility index (Phi) is 4.27.